The number of rotatable bonds is 9. The van der Waals surface area contributed by atoms with E-state index in [1.807, 2.05) is 0 Å². The summed E-state index contributed by atoms with van der Waals surface area (Å²) in [5, 5.41) is 6.92. The minimum absolute atomic E-state index is 0.489. The molecule has 172 valence electrons. The molecule has 0 amide bonds. The molecule has 32 heavy (non-hydrogen) atoms. The van der Waals surface area contributed by atoms with Gasteiger partial charge in [0, 0.05) is 0 Å². The molecule has 2 heteroatoms. The Morgan fingerprint density at radius 2 is 1.31 bits per heavy atom. The molecule has 0 saturated heterocycles. The Balaban J connectivity index is 2.17. The van der Waals surface area contributed by atoms with Gasteiger partial charge in [-0.25, -0.2) is 0 Å². The monoisotopic (exact) mass is 491 g/mol. The molecule has 1 aromatic heterocycles. The van der Waals surface area contributed by atoms with Gasteiger partial charge in [0.05, 0.1) is 0 Å². The summed E-state index contributed by atoms with van der Waals surface area (Å²) in [4.78, 5) is 4.90. The van der Waals surface area contributed by atoms with Crippen molar-refractivity contribution in [2.75, 3.05) is 0 Å². The van der Waals surface area contributed by atoms with Crippen LogP contribution < -0.4 is 4.40 Å². The molecule has 3 rings (SSSR count). The Bertz CT molecular complexity index is 1010. The Morgan fingerprint density at radius 3 is 1.88 bits per heavy atom. The zero-order valence-corrected chi connectivity index (χ0v) is 23.7. The standard InChI is InChI=1S/C30H43GeN/c1-21(2)18-31(19-22(3)4,20-23(5)6)27-13-14-32-30(17-27)26-15-25-11-9-10-12-28(25)29(16-26)24(7)8/h9-17,21-24H,18-20H2,1-8H3. The van der Waals surface area contributed by atoms with Crippen molar-refractivity contribution in [2.24, 2.45) is 17.8 Å². The molecule has 0 spiro atoms. The fraction of sp³-hybridized carbons (Fsp3) is 0.500. The molecule has 0 fully saturated rings. The van der Waals surface area contributed by atoms with Gasteiger partial charge >= 0.3 is 200 Å². The topological polar surface area (TPSA) is 12.9 Å². The maximum absolute atomic E-state index is 4.90. The molecule has 0 aliphatic rings. The second-order valence-corrected chi connectivity index (χ2v) is 20.6. The average molecular weight is 490 g/mol. The molecule has 1 nitrogen and oxygen atoms in total. The summed E-state index contributed by atoms with van der Waals surface area (Å²) < 4.78 is 1.66. The third-order valence-corrected chi connectivity index (χ3v) is 19.9. The predicted octanol–water partition coefficient (Wildman–Crippen LogP) is 8.65. The molecule has 2 aromatic carbocycles. The second-order valence-electron chi connectivity index (χ2n) is 11.4. The van der Waals surface area contributed by atoms with E-state index in [9.17, 15) is 0 Å². The molecule has 0 saturated carbocycles. The molecule has 1 heterocycles. The Kier molecular flexibility index (Phi) is 8.25. The van der Waals surface area contributed by atoms with E-state index in [0.717, 1.165) is 23.4 Å². The quantitative estimate of drug-likeness (QED) is 0.274. The van der Waals surface area contributed by atoms with Gasteiger partial charge in [-0.3, -0.25) is 0 Å². The number of nitrogens with zero attached hydrogens (tertiary/aromatic N) is 1. The summed E-state index contributed by atoms with van der Waals surface area (Å²) in [5.41, 5.74) is 3.84. The van der Waals surface area contributed by atoms with Gasteiger partial charge in [-0.05, 0) is 0 Å². The maximum atomic E-state index is 4.90. The van der Waals surface area contributed by atoms with Gasteiger partial charge in [-0.15, -0.1) is 0 Å². The van der Waals surface area contributed by atoms with Crippen molar-refractivity contribution in [3.05, 3.63) is 60.3 Å². The van der Waals surface area contributed by atoms with Crippen LogP contribution in [0.25, 0.3) is 22.0 Å². The van der Waals surface area contributed by atoms with Gasteiger partial charge in [-0.2, -0.15) is 0 Å². The normalized spacial score (nSPS) is 12.6. The van der Waals surface area contributed by atoms with Crippen molar-refractivity contribution in [1.82, 2.24) is 4.98 Å². The number of hydrogen-bond acceptors (Lipinski definition) is 1. The van der Waals surface area contributed by atoms with Gasteiger partial charge in [0.25, 0.3) is 0 Å². The van der Waals surface area contributed by atoms with Crippen LogP contribution in [0.15, 0.2) is 54.7 Å². The number of benzene rings is 2. The Morgan fingerprint density at radius 1 is 0.719 bits per heavy atom. The van der Waals surface area contributed by atoms with Crippen LogP contribution in [-0.2, 0) is 0 Å². The SMILES string of the molecule is CC(C)[CH2][Ge]([CH2]C(C)C)([CH2]C(C)C)[c]1ccnc(-c2cc(C(C)C)c3ccccc3c2)c1. The third kappa shape index (κ3) is 5.84. The van der Waals surface area contributed by atoms with Crippen molar-refractivity contribution in [3.63, 3.8) is 0 Å². The van der Waals surface area contributed by atoms with Crippen LogP contribution in [0.2, 0.25) is 15.8 Å². The number of fused-ring (bicyclic) bond motifs is 1. The van der Waals surface area contributed by atoms with Crippen molar-refractivity contribution >= 4 is 28.4 Å². The molecule has 0 unspecified atom stereocenters. The first-order valence-corrected chi connectivity index (χ1v) is 18.1. The van der Waals surface area contributed by atoms with Crippen LogP contribution in [0.4, 0.5) is 0 Å². The summed E-state index contributed by atoms with van der Waals surface area (Å²) >= 11 is -2.30. The summed E-state index contributed by atoms with van der Waals surface area (Å²) in [6.07, 6.45) is 2.09. The third-order valence-electron chi connectivity index (χ3n) is 6.58. The van der Waals surface area contributed by atoms with E-state index in [1.165, 1.54) is 37.7 Å². The molecule has 3 aromatic rings. The summed E-state index contributed by atoms with van der Waals surface area (Å²) in [5.74, 6) is 2.73. The van der Waals surface area contributed by atoms with Crippen molar-refractivity contribution in [1.29, 1.82) is 0 Å². The van der Waals surface area contributed by atoms with E-state index in [4.69, 9.17) is 4.98 Å². The molecular formula is C30H43GeN. The van der Waals surface area contributed by atoms with Crippen LogP contribution in [0, 0.1) is 17.8 Å². The minimum atomic E-state index is -2.30. The van der Waals surface area contributed by atoms with Crippen LogP contribution in [0.1, 0.15) is 66.9 Å². The average Bonchev–Trinajstić information content (AvgIpc) is 2.71. The van der Waals surface area contributed by atoms with Gasteiger partial charge in [0.1, 0.15) is 0 Å². The van der Waals surface area contributed by atoms with Gasteiger partial charge in [-0.1, -0.05) is 0 Å². The predicted molar refractivity (Wildman–Crippen MR) is 146 cm³/mol. The van der Waals surface area contributed by atoms with E-state index >= 15 is 0 Å². The fourth-order valence-electron chi connectivity index (χ4n) is 5.83. The number of hydrogen-bond donors (Lipinski definition) is 0. The molecule has 0 aliphatic carbocycles. The van der Waals surface area contributed by atoms with Gasteiger partial charge in [0.2, 0.25) is 0 Å². The molecule has 0 N–H and O–H groups in total. The summed E-state index contributed by atoms with van der Waals surface area (Å²) in [6, 6.07) is 18.4. The van der Waals surface area contributed by atoms with E-state index in [0.29, 0.717) is 5.92 Å². The van der Waals surface area contributed by atoms with E-state index in [1.54, 1.807) is 4.40 Å². The summed E-state index contributed by atoms with van der Waals surface area (Å²) in [7, 11) is 0. The van der Waals surface area contributed by atoms with Crippen LogP contribution >= 0.6 is 0 Å². The fourth-order valence-corrected chi connectivity index (χ4v) is 20.0. The molecular weight excluding hydrogens is 447 g/mol. The molecule has 0 radical (unpaired) electrons. The van der Waals surface area contributed by atoms with Crippen molar-refractivity contribution in [3.8, 4) is 11.3 Å². The molecule has 0 bridgehead atoms. The van der Waals surface area contributed by atoms with Crippen LogP contribution in [0.3, 0.4) is 0 Å². The zero-order chi connectivity index (χ0) is 23.5. The van der Waals surface area contributed by atoms with Crippen molar-refractivity contribution < 1.29 is 0 Å². The summed E-state index contributed by atoms with van der Waals surface area (Å²) in [6.45, 7) is 19.1. The molecule has 0 atom stereocenters. The number of pyridine rings is 1. The Hall–Kier alpha value is -1.61. The number of aromatic nitrogens is 1. The molecule has 0 aliphatic heterocycles. The van der Waals surface area contributed by atoms with Gasteiger partial charge in [0.15, 0.2) is 0 Å². The van der Waals surface area contributed by atoms with E-state index in [-0.39, 0.29) is 0 Å². The first-order valence-electron chi connectivity index (χ1n) is 12.6. The van der Waals surface area contributed by atoms with E-state index < -0.39 is 13.3 Å². The van der Waals surface area contributed by atoms with Crippen LogP contribution in [0.5, 0.6) is 0 Å². The van der Waals surface area contributed by atoms with Crippen LogP contribution in [-0.4, -0.2) is 18.3 Å². The first-order chi connectivity index (χ1) is 15.1. The Labute approximate surface area is 199 Å². The van der Waals surface area contributed by atoms with E-state index in [2.05, 4.69) is 110 Å². The van der Waals surface area contributed by atoms with Crippen molar-refractivity contribution in [2.45, 2.75) is 77.1 Å². The zero-order valence-electron chi connectivity index (χ0n) is 21.6. The first kappa shape index (κ1) is 25.0. The van der Waals surface area contributed by atoms with Gasteiger partial charge < -0.3 is 0 Å². The second kappa shape index (κ2) is 10.5.